The highest BCUT2D eigenvalue weighted by Gasteiger charge is 2.05. The van der Waals surface area contributed by atoms with Gasteiger partial charge in [-0.2, -0.15) is 0 Å². The van der Waals surface area contributed by atoms with Crippen molar-refractivity contribution in [3.63, 3.8) is 0 Å². The molecule has 0 radical (unpaired) electrons. The molecule has 0 bridgehead atoms. The second-order valence-corrected chi connectivity index (χ2v) is 4.92. The molecule has 3 heteroatoms. The van der Waals surface area contributed by atoms with Gasteiger partial charge in [0.1, 0.15) is 0 Å². The van der Waals surface area contributed by atoms with E-state index in [1.807, 2.05) is 6.92 Å². The van der Waals surface area contributed by atoms with Crippen LogP contribution in [0, 0.1) is 11.7 Å². The predicted molar refractivity (Wildman–Crippen MR) is 73.8 cm³/mol. The van der Waals surface area contributed by atoms with E-state index in [2.05, 4.69) is 53.0 Å². The molecule has 1 N–H and O–H groups in total. The van der Waals surface area contributed by atoms with Crippen molar-refractivity contribution in [3.8, 4) is 0 Å². The summed E-state index contributed by atoms with van der Waals surface area (Å²) < 4.78 is 2.94. The second-order valence-electron chi connectivity index (χ2n) is 4.54. The standard InChI is InChI=1S/C14H18N2S/c1-11(13-6-4-3-5-7-13)8-9-16-10-12(2)15-14(16)17/h3-7,10-11H,8-9H2,1-2H3,(H,15,17). The van der Waals surface area contributed by atoms with Crippen LogP contribution < -0.4 is 0 Å². The van der Waals surface area contributed by atoms with Crippen LogP contribution in [0.25, 0.3) is 0 Å². The average Bonchev–Trinajstić information content (AvgIpc) is 2.66. The van der Waals surface area contributed by atoms with E-state index in [9.17, 15) is 0 Å². The van der Waals surface area contributed by atoms with Gasteiger partial charge in [0, 0.05) is 18.4 Å². The number of H-pyrrole nitrogens is 1. The van der Waals surface area contributed by atoms with E-state index in [0.29, 0.717) is 5.92 Å². The molecular formula is C14H18N2S. The van der Waals surface area contributed by atoms with Crippen LogP contribution in [0.4, 0.5) is 0 Å². The molecule has 0 aliphatic carbocycles. The Hall–Kier alpha value is -1.35. The van der Waals surface area contributed by atoms with Crippen molar-refractivity contribution in [1.82, 2.24) is 9.55 Å². The highest BCUT2D eigenvalue weighted by Crippen LogP contribution is 2.19. The Labute approximate surface area is 107 Å². The largest absolute Gasteiger partial charge is 0.335 e. The molecule has 17 heavy (non-hydrogen) atoms. The molecule has 0 saturated carbocycles. The van der Waals surface area contributed by atoms with Gasteiger partial charge in [0.05, 0.1) is 0 Å². The fourth-order valence-corrected chi connectivity index (χ4v) is 2.32. The van der Waals surface area contributed by atoms with Gasteiger partial charge in [0.2, 0.25) is 0 Å². The number of nitrogens with zero attached hydrogens (tertiary/aromatic N) is 1. The van der Waals surface area contributed by atoms with E-state index < -0.39 is 0 Å². The van der Waals surface area contributed by atoms with Crippen LogP contribution in [0.1, 0.15) is 30.5 Å². The van der Waals surface area contributed by atoms with Crippen LogP contribution in [0.2, 0.25) is 0 Å². The van der Waals surface area contributed by atoms with Crippen LogP contribution in [0.15, 0.2) is 36.5 Å². The Morgan fingerprint density at radius 2 is 2.00 bits per heavy atom. The van der Waals surface area contributed by atoms with Crippen molar-refractivity contribution in [2.45, 2.75) is 32.7 Å². The minimum atomic E-state index is 0.563. The Morgan fingerprint density at radius 1 is 1.29 bits per heavy atom. The van der Waals surface area contributed by atoms with Gasteiger partial charge in [-0.1, -0.05) is 37.3 Å². The zero-order valence-electron chi connectivity index (χ0n) is 10.3. The topological polar surface area (TPSA) is 20.7 Å². The number of rotatable bonds is 4. The van der Waals surface area contributed by atoms with Gasteiger partial charge >= 0.3 is 0 Å². The van der Waals surface area contributed by atoms with E-state index in [4.69, 9.17) is 12.2 Å². The summed E-state index contributed by atoms with van der Waals surface area (Å²) in [6.07, 6.45) is 3.19. The fraction of sp³-hybridized carbons (Fsp3) is 0.357. The van der Waals surface area contributed by atoms with Gasteiger partial charge in [0.25, 0.3) is 0 Å². The van der Waals surface area contributed by atoms with E-state index in [1.54, 1.807) is 0 Å². The van der Waals surface area contributed by atoms with Gasteiger partial charge in [-0.25, -0.2) is 0 Å². The van der Waals surface area contributed by atoms with Crippen LogP contribution in [0.5, 0.6) is 0 Å². The summed E-state index contributed by atoms with van der Waals surface area (Å²) in [5.41, 5.74) is 2.52. The normalized spacial score (nSPS) is 12.6. The molecule has 90 valence electrons. The highest BCUT2D eigenvalue weighted by molar-refractivity contribution is 7.71. The summed E-state index contributed by atoms with van der Waals surface area (Å²) in [6, 6.07) is 10.6. The molecule has 0 saturated heterocycles. The number of aryl methyl sites for hydroxylation is 2. The van der Waals surface area contributed by atoms with Crippen molar-refractivity contribution in [1.29, 1.82) is 0 Å². The maximum Gasteiger partial charge on any atom is 0.177 e. The summed E-state index contributed by atoms with van der Waals surface area (Å²) in [5.74, 6) is 0.563. The Kier molecular flexibility index (Phi) is 3.79. The first-order valence-corrected chi connectivity index (χ1v) is 6.38. The van der Waals surface area contributed by atoms with Gasteiger partial charge in [0.15, 0.2) is 4.77 Å². The molecule has 0 amide bonds. The molecule has 1 heterocycles. The van der Waals surface area contributed by atoms with Crippen LogP contribution in [-0.2, 0) is 6.54 Å². The number of imidazole rings is 1. The number of aromatic nitrogens is 2. The summed E-state index contributed by atoms with van der Waals surface area (Å²) in [4.78, 5) is 3.15. The smallest absolute Gasteiger partial charge is 0.177 e. The first kappa shape index (κ1) is 12.1. The first-order chi connectivity index (χ1) is 8.16. The van der Waals surface area contributed by atoms with Crippen molar-refractivity contribution < 1.29 is 0 Å². The zero-order valence-corrected chi connectivity index (χ0v) is 11.1. The third kappa shape index (κ3) is 3.07. The molecule has 1 aromatic carbocycles. The summed E-state index contributed by atoms with van der Waals surface area (Å²) in [5, 5.41) is 0. The Bertz CT molecular complexity index is 525. The molecule has 0 fully saturated rings. The number of benzene rings is 1. The monoisotopic (exact) mass is 246 g/mol. The Morgan fingerprint density at radius 3 is 2.59 bits per heavy atom. The zero-order chi connectivity index (χ0) is 12.3. The number of hydrogen-bond donors (Lipinski definition) is 1. The van der Waals surface area contributed by atoms with E-state index in [1.165, 1.54) is 5.56 Å². The van der Waals surface area contributed by atoms with E-state index >= 15 is 0 Å². The molecule has 0 aliphatic rings. The quantitative estimate of drug-likeness (QED) is 0.807. The van der Waals surface area contributed by atoms with Gasteiger partial charge in [-0.15, -0.1) is 0 Å². The van der Waals surface area contributed by atoms with Crippen molar-refractivity contribution in [2.75, 3.05) is 0 Å². The van der Waals surface area contributed by atoms with Crippen LogP contribution >= 0.6 is 12.2 Å². The molecule has 2 rings (SSSR count). The summed E-state index contributed by atoms with van der Waals surface area (Å²) in [6.45, 7) is 5.27. The van der Waals surface area contributed by atoms with Crippen LogP contribution in [-0.4, -0.2) is 9.55 Å². The molecule has 2 aromatic rings. The summed E-state index contributed by atoms with van der Waals surface area (Å²) in [7, 11) is 0. The third-order valence-corrected chi connectivity index (χ3v) is 3.42. The maximum absolute atomic E-state index is 5.25. The van der Waals surface area contributed by atoms with Gasteiger partial charge in [-0.3, -0.25) is 0 Å². The fourth-order valence-electron chi connectivity index (χ4n) is 2.01. The van der Waals surface area contributed by atoms with Gasteiger partial charge in [-0.05, 0) is 37.0 Å². The molecular weight excluding hydrogens is 228 g/mol. The second kappa shape index (κ2) is 5.32. The molecule has 0 spiro atoms. The number of nitrogens with one attached hydrogen (secondary N) is 1. The van der Waals surface area contributed by atoms with E-state index in [-0.39, 0.29) is 0 Å². The lowest BCUT2D eigenvalue weighted by Gasteiger charge is -2.11. The molecule has 0 aliphatic heterocycles. The predicted octanol–water partition coefficient (Wildman–Crippen LogP) is 4.05. The van der Waals surface area contributed by atoms with E-state index in [0.717, 1.165) is 23.4 Å². The molecule has 1 atom stereocenters. The van der Waals surface area contributed by atoms with Crippen LogP contribution in [0.3, 0.4) is 0 Å². The molecule has 1 aromatic heterocycles. The Balaban J connectivity index is 1.99. The van der Waals surface area contributed by atoms with Gasteiger partial charge < -0.3 is 9.55 Å². The van der Waals surface area contributed by atoms with Crippen molar-refractivity contribution in [3.05, 3.63) is 52.6 Å². The molecule has 1 unspecified atom stereocenters. The highest BCUT2D eigenvalue weighted by atomic mass is 32.1. The van der Waals surface area contributed by atoms with Crippen molar-refractivity contribution >= 4 is 12.2 Å². The SMILES string of the molecule is Cc1cn(CCC(C)c2ccccc2)c(=S)[nH]1. The third-order valence-electron chi connectivity index (χ3n) is 3.09. The lowest BCUT2D eigenvalue weighted by molar-refractivity contribution is 0.571. The summed E-state index contributed by atoms with van der Waals surface area (Å²) >= 11 is 5.25. The van der Waals surface area contributed by atoms with Crippen molar-refractivity contribution in [2.24, 2.45) is 0 Å². The lowest BCUT2D eigenvalue weighted by atomic mass is 9.98. The number of aromatic amines is 1. The minimum Gasteiger partial charge on any atom is -0.335 e. The lowest BCUT2D eigenvalue weighted by Crippen LogP contribution is -2.02. The number of hydrogen-bond acceptors (Lipinski definition) is 1. The first-order valence-electron chi connectivity index (χ1n) is 5.98. The molecule has 2 nitrogen and oxygen atoms in total. The maximum atomic E-state index is 5.25. The average molecular weight is 246 g/mol. The minimum absolute atomic E-state index is 0.563.